The highest BCUT2D eigenvalue weighted by atomic mass is 35.5. The summed E-state index contributed by atoms with van der Waals surface area (Å²) in [6, 6.07) is 1.81. The van der Waals surface area contributed by atoms with Gasteiger partial charge in [-0.1, -0.05) is 18.0 Å². The van der Waals surface area contributed by atoms with Gasteiger partial charge >= 0.3 is 6.68 Å². The minimum Gasteiger partial charge on any atom is -0.472 e. The van der Waals surface area contributed by atoms with Crippen LogP contribution in [0.4, 0.5) is 17.6 Å². The van der Waals surface area contributed by atoms with Gasteiger partial charge in [-0.15, -0.1) is 0 Å². The highest BCUT2D eigenvalue weighted by Crippen LogP contribution is 2.35. The number of aromatic nitrogens is 7. The number of nitrogens with zero attached hydrogens (tertiary/aromatic N) is 7. The SMILES string of the molecule is Cc1nc(OC2CCCCC2)c(F)c(-c2nn(Cc3cnn(C)c3)c3ccnc(Cl)c23)n1.FC(F)F. The molecule has 4 aromatic rings. The van der Waals surface area contributed by atoms with Gasteiger partial charge in [-0.2, -0.15) is 32.7 Å². The number of fused-ring (bicyclic) bond motifs is 1. The fraction of sp³-hybridized carbons (Fsp3) is 0.435. The first kappa shape index (κ1) is 25.8. The molecule has 0 atom stereocenters. The smallest absolute Gasteiger partial charge is 0.379 e. The summed E-state index contributed by atoms with van der Waals surface area (Å²) in [6.45, 7) is -1.51. The Labute approximate surface area is 209 Å². The van der Waals surface area contributed by atoms with Crippen LogP contribution in [0.1, 0.15) is 43.5 Å². The van der Waals surface area contributed by atoms with E-state index in [1.807, 2.05) is 13.2 Å². The lowest BCUT2D eigenvalue weighted by Gasteiger charge is -2.22. The zero-order valence-corrected chi connectivity index (χ0v) is 20.4. The summed E-state index contributed by atoms with van der Waals surface area (Å²) in [5.41, 5.74) is 2.07. The number of rotatable bonds is 5. The van der Waals surface area contributed by atoms with Crippen molar-refractivity contribution in [3.05, 3.63) is 47.0 Å². The number of hydrogen-bond acceptors (Lipinski definition) is 6. The average molecular weight is 526 g/mol. The molecule has 0 amide bonds. The Morgan fingerprint density at radius 3 is 2.53 bits per heavy atom. The molecule has 13 heteroatoms. The number of alkyl halides is 3. The third-order valence-corrected chi connectivity index (χ3v) is 5.98. The molecule has 192 valence electrons. The highest BCUT2D eigenvalue weighted by molar-refractivity contribution is 6.35. The van der Waals surface area contributed by atoms with Crippen LogP contribution in [0.5, 0.6) is 5.88 Å². The van der Waals surface area contributed by atoms with Gasteiger partial charge in [-0.05, 0) is 38.7 Å². The van der Waals surface area contributed by atoms with E-state index in [0.717, 1.165) is 36.8 Å². The molecule has 8 nitrogen and oxygen atoms in total. The zero-order chi connectivity index (χ0) is 25.8. The number of pyridine rings is 1. The summed E-state index contributed by atoms with van der Waals surface area (Å²) in [4.78, 5) is 12.8. The van der Waals surface area contributed by atoms with Crippen LogP contribution < -0.4 is 4.74 Å². The molecule has 5 rings (SSSR count). The number of hydrogen-bond donors (Lipinski definition) is 0. The van der Waals surface area contributed by atoms with Gasteiger partial charge in [-0.3, -0.25) is 9.36 Å². The largest absolute Gasteiger partial charge is 0.472 e. The van der Waals surface area contributed by atoms with Gasteiger partial charge in [0.15, 0.2) is 0 Å². The molecule has 0 spiro atoms. The van der Waals surface area contributed by atoms with Gasteiger partial charge < -0.3 is 4.74 Å². The molecule has 36 heavy (non-hydrogen) atoms. The number of halogens is 5. The molecule has 1 aliphatic rings. The molecule has 0 aromatic carbocycles. The van der Waals surface area contributed by atoms with Gasteiger partial charge in [0.05, 0.1) is 23.6 Å². The van der Waals surface area contributed by atoms with E-state index >= 15 is 4.39 Å². The third kappa shape index (κ3) is 5.92. The van der Waals surface area contributed by atoms with E-state index in [1.54, 1.807) is 34.7 Å². The topological polar surface area (TPSA) is 83.5 Å². The number of aryl methyl sites for hydroxylation is 2. The van der Waals surface area contributed by atoms with Crippen molar-refractivity contribution in [3.63, 3.8) is 0 Å². The summed E-state index contributed by atoms with van der Waals surface area (Å²) >= 11 is 6.44. The van der Waals surface area contributed by atoms with Gasteiger partial charge in [0.1, 0.15) is 28.5 Å². The van der Waals surface area contributed by atoms with E-state index in [4.69, 9.17) is 16.3 Å². The normalized spacial score (nSPS) is 14.2. The Morgan fingerprint density at radius 1 is 1.14 bits per heavy atom. The monoisotopic (exact) mass is 525 g/mol. The molecule has 1 saturated carbocycles. The predicted molar refractivity (Wildman–Crippen MR) is 125 cm³/mol. The van der Waals surface area contributed by atoms with Crippen molar-refractivity contribution in [2.75, 3.05) is 0 Å². The zero-order valence-electron chi connectivity index (χ0n) is 19.6. The Balaban J connectivity index is 0.000000709. The van der Waals surface area contributed by atoms with E-state index in [-0.39, 0.29) is 22.8 Å². The minimum absolute atomic E-state index is 0.0330. The van der Waals surface area contributed by atoms with Crippen molar-refractivity contribution in [2.24, 2.45) is 7.05 Å². The van der Waals surface area contributed by atoms with Gasteiger partial charge in [0, 0.05) is 25.0 Å². The van der Waals surface area contributed by atoms with Crippen LogP contribution >= 0.6 is 11.6 Å². The molecular weight excluding hydrogens is 502 g/mol. The first-order valence-electron chi connectivity index (χ1n) is 11.3. The summed E-state index contributed by atoms with van der Waals surface area (Å²) in [6.07, 6.45) is 10.4. The molecule has 0 saturated heterocycles. The van der Waals surface area contributed by atoms with Crippen LogP contribution in [-0.4, -0.2) is 47.3 Å². The summed E-state index contributed by atoms with van der Waals surface area (Å²) in [5.74, 6) is -0.259. The molecule has 0 N–H and O–H groups in total. The fourth-order valence-electron chi connectivity index (χ4n) is 4.21. The summed E-state index contributed by atoms with van der Waals surface area (Å²) < 4.78 is 54.1. The lowest BCUT2D eigenvalue weighted by atomic mass is 9.98. The molecule has 0 radical (unpaired) electrons. The van der Waals surface area contributed by atoms with E-state index in [2.05, 4.69) is 25.1 Å². The minimum atomic E-state index is -3.67. The van der Waals surface area contributed by atoms with Gasteiger partial charge in [-0.25, -0.2) is 9.97 Å². The van der Waals surface area contributed by atoms with Crippen LogP contribution in [0.3, 0.4) is 0 Å². The lowest BCUT2D eigenvalue weighted by Crippen LogP contribution is -2.21. The Morgan fingerprint density at radius 2 is 1.86 bits per heavy atom. The molecule has 0 unspecified atom stereocenters. The van der Waals surface area contributed by atoms with Crippen LogP contribution in [0.25, 0.3) is 22.3 Å². The van der Waals surface area contributed by atoms with Crippen molar-refractivity contribution >= 4 is 22.5 Å². The molecule has 4 aromatic heterocycles. The van der Waals surface area contributed by atoms with E-state index in [0.29, 0.717) is 23.4 Å². The second-order valence-corrected chi connectivity index (χ2v) is 8.75. The van der Waals surface area contributed by atoms with E-state index in [1.165, 1.54) is 6.42 Å². The molecule has 0 bridgehead atoms. The maximum Gasteiger partial charge on any atom is 0.379 e. The van der Waals surface area contributed by atoms with Crippen molar-refractivity contribution in [2.45, 2.75) is 58.4 Å². The van der Waals surface area contributed by atoms with Crippen molar-refractivity contribution in [1.29, 1.82) is 0 Å². The van der Waals surface area contributed by atoms with Gasteiger partial charge in [0.2, 0.25) is 5.82 Å². The van der Waals surface area contributed by atoms with Gasteiger partial charge in [0.25, 0.3) is 5.88 Å². The van der Waals surface area contributed by atoms with Crippen molar-refractivity contribution in [1.82, 2.24) is 34.5 Å². The van der Waals surface area contributed by atoms with E-state index < -0.39 is 12.5 Å². The van der Waals surface area contributed by atoms with Crippen molar-refractivity contribution in [3.8, 4) is 17.3 Å². The van der Waals surface area contributed by atoms with Crippen LogP contribution in [0.15, 0.2) is 24.7 Å². The quantitative estimate of drug-likeness (QED) is 0.247. The maximum absolute atomic E-state index is 15.6. The Hall–Kier alpha value is -3.28. The predicted octanol–water partition coefficient (Wildman–Crippen LogP) is 5.66. The molecular formula is C23H24ClF4N7O. The maximum atomic E-state index is 15.6. The van der Waals surface area contributed by atoms with Crippen molar-refractivity contribution < 1.29 is 22.3 Å². The lowest BCUT2D eigenvalue weighted by molar-refractivity contribution is 0.00819. The second-order valence-electron chi connectivity index (χ2n) is 8.39. The van der Waals surface area contributed by atoms with E-state index in [9.17, 15) is 13.2 Å². The summed E-state index contributed by atoms with van der Waals surface area (Å²) in [7, 11) is 1.85. The summed E-state index contributed by atoms with van der Waals surface area (Å²) in [5, 5.41) is 9.67. The fourth-order valence-corrected chi connectivity index (χ4v) is 4.45. The first-order valence-corrected chi connectivity index (χ1v) is 11.7. The van der Waals surface area contributed by atoms with Crippen LogP contribution in [0, 0.1) is 12.7 Å². The molecule has 4 heterocycles. The standard InChI is InChI=1S/C22H23ClFN7O.CHF3/c1-13-27-20(18(24)22(28-13)32-15-6-4-3-5-7-15)19-17-16(8-9-25-21(17)23)31(29-19)12-14-10-26-30(2)11-14;2-1(3)4/h8-11,15H,3-7,12H2,1-2H3;1H. The molecule has 0 aliphatic heterocycles. The third-order valence-electron chi connectivity index (χ3n) is 5.70. The average Bonchev–Trinajstić information content (AvgIpc) is 3.40. The second kappa shape index (κ2) is 11.2. The molecule has 1 aliphatic carbocycles. The van der Waals surface area contributed by atoms with Crippen LogP contribution in [0.2, 0.25) is 5.15 Å². The number of ether oxygens (including phenoxy) is 1. The van der Waals surface area contributed by atoms with Crippen LogP contribution in [-0.2, 0) is 13.6 Å². The molecule has 1 fully saturated rings. The Bertz CT molecular complexity index is 1330. The Kier molecular flexibility index (Phi) is 8.02. The highest BCUT2D eigenvalue weighted by Gasteiger charge is 2.26. The first-order chi connectivity index (χ1) is 17.2.